The summed E-state index contributed by atoms with van der Waals surface area (Å²) in [6.45, 7) is 1.98. The number of nitrogens with one attached hydrogen (secondary N) is 1. The minimum absolute atomic E-state index is 0.0468. The Morgan fingerprint density at radius 2 is 2.00 bits per heavy atom. The van der Waals surface area contributed by atoms with Crippen molar-refractivity contribution in [2.24, 2.45) is 0 Å². The molecule has 1 unspecified atom stereocenters. The van der Waals surface area contributed by atoms with Gasteiger partial charge in [-0.05, 0) is 30.7 Å². The molecule has 2 amide bonds. The van der Waals surface area contributed by atoms with Crippen molar-refractivity contribution in [1.82, 2.24) is 5.32 Å². The van der Waals surface area contributed by atoms with E-state index in [1.165, 1.54) is 4.90 Å². The van der Waals surface area contributed by atoms with Gasteiger partial charge in [0.2, 0.25) is 11.8 Å². The molecule has 2 rings (SSSR count). The molecule has 1 N–H and O–H groups in total. The Hall–Kier alpha value is -1.36. The molecular formula is C12H13BrN2O2. The fraction of sp³-hybridized carbons (Fsp3) is 0.333. The van der Waals surface area contributed by atoms with Crippen LogP contribution in [0.3, 0.4) is 0 Å². The molecule has 0 radical (unpaired) electrons. The summed E-state index contributed by atoms with van der Waals surface area (Å²) in [7, 11) is 0. The van der Waals surface area contributed by atoms with Gasteiger partial charge < -0.3 is 10.2 Å². The summed E-state index contributed by atoms with van der Waals surface area (Å²) >= 11 is 3.34. The lowest BCUT2D eigenvalue weighted by Crippen LogP contribution is -2.58. The maximum absolute atomic E-state index is 12.1. The highest BCUT2D eigenvalue weighted by Gasteiger charge is 2.32. The van der Waals surface area contributed by atoms with Gasteiger partial charge in [-0.15, -0.1) is 0 Å². The number of anilines is 1. The topological polar surface area (TPSA) is 49.4 Å². The summed E-state index contributed by atoms with van der Waals surface area (Å²) in [6, 6.07) is 6.96. The summed E-state index contributed by atoms with van der Waals surface area (Å²) in [5, 5.41) is 2.69. The third kappa shape index (κ3) is 2.49. The highest BCUT2D eigenvalue weighted by molar-refractivity contribution is 9.10. The second-order valence-corrected chi connectivity index (χ2v) is 4.84. The van der Waals surface area contributed by atoms with Crippen LogP contribution in [-0.2, 0) is 9.59 Å². The molecule has 0 spiro atoms. The number of hydrogen-bond acceptors (Lipinski definition) is 2. The molecule has 4 nitrogen and oxygen atoms in total. The molecule has 1 atom stereocenters. The van der Waals surface area contributed by atoms with Crippen LogP contribution < -0.4 is 10.2 Å². The van der Waals surface area contributed by atoms with Crippen molar-refractivity contribution in [3.63, 3.8) is 0 Å². The lowest BCUT2D eigenvalue weighted by atomic mass is 10.1. The van der Waals surface area contributed by atoms with E-state index in [0.717, 1.165) is 10.2 Å². The van der Waals surface area contributed by atoms with Crippen LogP contribution in [0.1, 0.15) is 13.3 Å². The third-order valence-corrected chi connectivity index (χ3v) is 3.28. The van der Waals surface area contributed by atoms with E-state index in [9.17, 15) is 9.59 Å². The number of carbonyl (C=O) groups excluding carboxylic acids is 2. The van der Waals surface area contributed by atoms with Crippen molar-refractivity contribution < 1.29 is 9.59 Å². The van der Waals surface area contributed by atoms with E-state index in [2.05, 4.69) is 21.2 Å². The summed E-state index contributed by atoms with van der Waals surface area (Å²) < 4.78 is 0.946. The molecule has 1 fully saturated rings. The fourth-order valence-electron chi connectivity index (χ4n) is 1.83. The highest BCUT2D eigenvalue weighted by atomic mass is 79.9. The van der Waals surface area contributed by atoms with Crippen molar-refractivity contribution >= 4 is 33.4 Å². The normalized spacial score (nSPS) is 20.4. The molecule has 1 aliphatic rings. The molecule has 1 saturated heterocycles. The van der Waals surface area contributed by atoms with E-state index in [1.54, 1.807) is 0 Å². The predicted molar refractivity (Wildman–Crippen MR) is 68.7 cm³/mol. The Bertz CT molecular complexity index is 444. The average Bonchev–Trinajstić information content (AvgIpc) is 2.33. The van der Waals surface area contributed by atoms with Gasteiger partial charge in [0.25, 0.3) is 0 Å². The SMILES string of the molecule is CCC1NC(=O)CN(c2ccc(Br)cc2)C1=O. The quantitative estimate of drug-likeness (QED) is 0.903. The first-order chi connectivity index (χ1) is 8.11. The third-order valence-electron chi connectivity index (χ3n) is 2.75. The largest absolute Gasteiger partial charge is 0.343 e. The molecule has 90 valence electrons. The van der Waals surface area contributed by atoms with Gasteiger partial charge in [-0.1, -0.05) is 22.9 Å². The number of benzene rings is 1. The van der Waals surface area contributed by atoms with Gasteiger partial charge in [0.05, 0.1) is 0 Å². The Kier molecular flexibility index (Phi) is 3.47. The number of rotatable bonds is 2. The van der Waals surface area contributed by atoms with Crippen molar-refractivity contribution in [3.05, 3.63) is 28.7 Å². The summed E-state index contributed by atoms with van der Waals surface area (Å²) in [6.07, 6.45) is 0.609. The lowest BCUT2D eigenvalue weighted by molar-refractivity contribution is -0.131. The van der Waals surface area contributed by atoms with E-state index in [0.29, 0.717) is 6.42 Å². The van der Waals surface area contributed by atoms with Crippen LogP contribution in [0, 0.1) is 0 Å². The van der Waals surface area contributed by atoms with Gasteiger partial charge in [0.1, 0.15) is 12.6 Å². The molecule has 0 saturated carbocycles. The Morgan fingerprint density at radius 1 is 1.35 bits per heavy atom. The zero-order valence-corrected chi connectivity index (χ0v) is 11.0. The Labute approximate surface area is 108 Å². The molecule has 0 aliphatic carbocycles. The number of carbonyl (C=O) groups is 2. The van der Waals surface area contributed by atoms with Crippen molar-refractivity contribution in [3.8, 4) is 0 Å². The molecule has 17 heavy (non-hydrogen) atoms. The lowest BCUT2D eigenvalue weighted by Gasteiger charge is -2.32. The zero-order valence-electron chi connectivity index (χ0n) is 9.44. The number of piperazine rings is 1. The first-order valence-corrected chi connectivity index (χ1v) is 6.27. The number of amides is 2. The van der Waals surface area contributed by atoms with Gasteiger partial charge in [-0.2, -0.15) is 0 Å². The molecule has 1 aromatic carbocycles. The molecule has 0 aromatic heterocycles. The molecule has 1 heterocycles. The van der Waals surface area contributed by atoms with E-state index in [-0.39, 0.29) is 18.4 Å². The van der Waals surface area contributed by atoms with Crippen LogP contribution in [0.15, 0.2) is 28.7 Å². The van der Waals surface area contributed by atoms with Gasteiger partial charge >= 0.3 is 0 Å². The smallest absolute Gasteiger partial charge is 0.250 e. The number of nitrogens with zero attached hydrogens (tertiary/aromatic N) is 1. The summed E-state index contributed by atoms with van der Waals surface area (Å²) in [4.78, 5) is 25.1. The van der Waals surface area contributed by atoms with Crippen LogP contribution in [0.2, 0.25) is 0 Å². The van der Waals surface area contributed by atoms with Gasteiger partial charge in [-0.3, -0.25) is 9.59 Å². The zero-order chi connectivity index (χ0) is 12.4. The minimum Gasteiger partial charge on any atom is -0.343 e. The maximum Gasteiger partial charge on any atom is 0.250 e. The molecule has 1 aliphatic heterocycles. The molecule has 1 aromatic rings. The van der Waals surface area contributed by atoms with E-state index < -0.39 is 6.04 Å². The van der Waals surface area contributed by atoms with Gasteiger partial charge in [0.15, 0.2) is 0 Å². The molecule has 0 bridgehead atoms. The monoisotopic (exact) mass is 296 g/mol. The average molecular weight is 297 g/mol. The molecular weight excluding hydrogens is 284 g/mol. The molecule has 5 heteroatoms. The minimum atomic E-state index is -0.403. The number of halogens is 1. The first-order valence-electron chi connectivity index (χ1n) is 5.48. The predicted octanol–water partition coefficient (Wildman–Crippen LogP) is 1.69. The summed E-state index contributed by atoms with van der Waals surface area (Å²) in [5.74, 6) is -0.159. The van der Waals surface area contributed by atoms with Crippen molar-refractivity contribution in [2.45, 2.75) is 19.4 Å². The van der Waals surface area contributed by atoms with Crippen LogP contribution >= 0.6 is 15.9 Å². The van der Waals surface area contributed by atoms with Crippen LogP contribution in [0.5, 0.6) is 0 Å². The van der Waals surface area contributed by atoms with Crippen LogP contribution in [-0.4, -0.2) is 24.4 Å². The maximum atomic E-state index is 12.1. The van der Waals surface area contributed by atoms with E-state index >= 15 is 0 Å². The number of hydrogen-bond donors (Lipinski definition) is 1. The van der Waals surface area contributed by atoms with Gasteiger partial charge in [-0.25, -0.2) is 0 Å². The second-order valence-electron chi connectivity index (χ2n) is 3.93. The highest BCUT2D eigenvalue weighted by Crippen LogP contribution is 2.20. The Balaban J connectivity index is 2.27. The van der Waals surface area contributed by atoms with E-state index in [4.69, 9.17) is 0 Å². The Morgan fingerprint density at radius 3 is 2.59 bits per heavy atom. The van der Waals surface area contributed by atoms with Gasteiger partial charge in [0, 0.05) is 10.2 Å². The first kappa shape index (κ1) is 12.1. The van der Waals surface area contributed by atoms with Crippen LogP contribution in [0.25, 0.3) is 0 Å². The van der Waals surface area contributed by atoms with Crippen molar-refractivity contribution in [2.75, 3.05) is 11.4 Å². The van der Waals surface area contributed by atoms with E-state index in [1.807, 2.05) is 31.2 Å². The van der Waals surface area contributed by atoms with Crippen LogP contribution in [0.4, 0.5) is 5.69 Å². The van der Waals surface area contributed by atoms with Crippen molar-refractivity contribution in [1.29, 1.82) is 0 Å². The second kappa shape index (κ2) is 4.87. The standard InChI is InChI=1S/C12H13BrN2O2/c1-2-10-12(17)15(7-11(16)14-10)9-5-3-8(13)4-6-9/h3-6,10H,2,7H2,1H3,(H,14,16). The summed E-state index contributed by atoms with van der Waals surface area (Å²) in [5.41, 5.74) is 0.756. The fourth-order valence-corrected chi connectivity index (χ4v) is 2.09.